The number of benzene rings is 1. The molecule has 3 nitrogen and oxygen atoms in total. The summed E-state index contributed by atoms with van der Waals surface area (Å²) in [7, 11) is 0. The summed E-state index contributed by atoms with van der Waals surface area (Å²) in [6.45, 7) is 2.81. The molecule has 0 bridgehead atoms. The van der Waals surface area contributed by atoms with Gasteiger partial charge in [-0.3, -0.25) is 4.79 Å². The normalized spacial score (nSPS) is 16.8. The molecule has 1 aliphatic heterocycles. The number of nitrogens with one attached hydrogen (secondary N) is 1. The second kappa shape index (κ2) is 6.73. The van der Waals surface area contributed by atoms with E-state index in [1.165, 1.54) is 11.8 Å². The first-order valence-corrected chi connectivity index (χ1v) is 7.40. The van der Waals surface area contributed by atoms with Crippen molar-refractivity contribution in [3.05, 3.63) is 34.7 Å². The van der Waals surface area contributed by atoms with E-state index in [9.17, 15) is 4.79 Å². The molecule has 1 aromatic carbocycles. The lowest BCUT2D eigenvalue weighted by molar-refractivity contribution is -0.115. The molecule has 1 heterocycles. The minimum atomic E-state index is -0.140. The zero-order valence-electron chi connectivity index (χ0n) is 10.6. The van der Waals surface area contributed by atoms with Crippen LogP contribution in [0.2, 0.25) is 0 Å². The molecular formula is C14H15NO2S2. The monoisotopic (exact) mass is 293 g/mol. The van der Waals surface area contributed by atoms with Gasteiger partial charge in [0, 0.05) is 5.56 Å². The van der Waals surface area contributed by atoms with Gasteiger partial charge in [0.25, 0.3) is 5.91 Å². The number of unbranched alkanes of at least 4 members (excludes halogenated alkanes) is 1. The van der Waals surface area contributed by atoms with Crippen molar-refractivity contribution in [3.63, 3.8) is 0 Å². The van der Waals surface area contributed by atoms with Crippen molar-refractivity contribution in [2.24, 2.45) is 0 Å². The fraction of sp³-hybridized carbons (Fsp3) is 0.286. The minimum Gasteiger partial charge on any atom is -0.493 e. The number of ether oxygens (including phenoxy) is 1. The third kappa shape index (κ3) is 3.81. The topological polar surface area (TPSA) is 38.3 Å². The molecule has 0 radical (unpaired) electrons. The summed E-state index contributed by atoms with van der Waals surface area (Å²) in [5.41, 5.74) is 0.904. The van der Waals surface area contributed by atoms with E-state index in [2.05, 4.69) is 12.2 Å². The first-order valence-electron chi connectivity index (χ1n) is 6.17. The highest BCUT2D eigenvalue weighted by Crippen LogP contribution is 2.29. The number of para-hydroxylation sites is 1. The van der Waals surface area contributed by atoms with Crippen LogP contribution in [0.3, 0.4) is 0 Å². The molecule has 1 amide bonds. The van der Waals surface area contributed by atoms with E-state index in [0.717, 1.165) is 24.2 Å². The average Bonchev–Trinajstić information content (AvgIpc) is 2.70. The largest absolute Gasteiger partial charge is 0.493 e. The van der Waals surface area contributed by atoms with Crippen molar-refractivity contribution in [2.75, 3.05) is 6.61 Å². The number of thioether (sulfide) groups is 1. The number of hydrogen-bond donors (Lipinski definition) is 1. The number of carbonyl (C=O) groups is 1. The molecule has 1 saturated heterocycles. The average molecular weight is 293 g/mol. The number of carbonyl (C=O) groups excluding carboxylic acids is 1. The standard InChI is InChI=1S/C14H15NO2S2/c1-2-3-8-17-11-7-5-4-6-10(11)9-12-13(16)15-14(18)19-12/h4-7,9H,2-3,8H2,1H3,(H,15,16,18). The quantitative estimate of drug-likeness (QED) is 0.513. The number of amides is 1. The molecule has 19 heavy (non-hydrogen) atoms. The van der Waals surface area contributed by atoms with Crippen LogP contribution in [0.1, 0.15) is 25.3 Å². The second-order valence-corrected chi connectivity index (χ2v) is 5.81. The van der Waals surface area contributed by atoms with Gasteiger partial charge in [-0.15, -0.1) is 0 Å². The summed E-state index contributed by atoms with van der Waals surface area (Å²) in [4.78, 5) is 12.2. The zero-order chi connectivity index (χ0) is 13.7. The molecule has 1 aromatic rings. The van der Waals surface area contributed by atoms with Crippen molar-refractivity contribution in [3.8, 4) is 5.75 Å². The summed E-state index contributed by atoms with van der Waals surface area (Å²) in [5, 5.41) is 2.61. The van der Waals surface area contributed by atoms with E-state index in [0.29, 0.717) is 15.8 Å². The van der Waals surface area contributed by atoms with E-state index in [4.69, 9.17) is 17.0 Å². The van der Waals surface area contributed by atoms with Gasteiger partial charge in [0.05, 0.1) is 11.5 Å². The van der Waals surface area contributed by atoms with Crippen molar-refractivity contribution < 1.29 is 9.53 Å². The zero-order valence-corrected chi connectivity index (χ0v) is 12.3. The Balaban J connectivity index is 2.18. The fourth-order valence-electron chi connectivity index (χ4n) is 1.62. The van der Waals surface area contributed by atoms with Gasteiger partial charge < -0.3 is 10.1 Å². The Morgan fingerprint density at radius 2 is 2.21 bits per heavy atom. The minimum absolute atomic E-state index is 0.140. The molecule has 2 rings (SSSR count). The third-order valence-electron chi connectivity index (χ3n) is 2.60. The molecule has 5 heteroatoms. The predicted octanol–water partition coefficient (Wildman–Crippen LogP) is 3.35. The molecule has 0 aliphatic carbocycles. The molecule has 1 fully saturated rings. The summed E-state index contributed by atoms with van der Waals surface area (Å²) >= 11 is 6.25. The van der Waals surface area contributed by atoms with E-state index in [-0.39, 0.29) is 5.91 Å². The lowest BCUT2D eigenvalue weighted by Crippen LogP contribution is -2.17. The molecular weight excluding hydrogens is 278 g/mol. The van der Waals surface area contributed by atoms with E-state index < -0.39 is 0 Å². The van der Waals surface area contributed by atoms with E-state index >= 15 is 0 Å². The molecule has 100 valence electrons. The lowest BCUT2D eigenvalue weighted by atomic mass is 10.2. The Bertz CT molecular complexity index is 526. The molecule has 1 N–H and O–H groups in total. The van der Waals surface area contributed by atoms with Crippen LogP contribution in [0.4, 0.5) is 0 Å². The van der Waals surface area contributed by atoms with Gasteiger partial charge in [-0.25, -0.2) is 0 Å². The van der Waals surface area contributed by atoms with Crippen LogP contribution in [0, 0.1) is 0 Å². The van der Waals surface area contributed by atoms with Gasteiger partial charge in [-0.2, -0.15) is 0 Å². The molecule has 0 aromatic heterocycles. The highest BCUT2D eigenvalue weighted by atomic mass is 32.2. The number of rotatable bonds is 5. The smallest absolute Gasteiger partial charge is 0.263 e. The van der Waals surface area contributed by atoms with Crippen LogP contribution in [0.5, 0.6) is 5.75 Å². The van der Waals surface area contributed by atoms with Crippen molar-refractivity contribution in [2.45, 2.75) is 19.8 Å². The van der Waals surface area contributed by atoms with Crippen LogP contribution in [-0.4, -0.2) is 16.8 Å². The van der Waals surface area contributed by atoms with E-state index in [1.807, 2.05) is 30.3 Å². The van der Waals surface area contributed by atoms with Crippen LogP contribution in [-0.2, 0) is 4.79 Å². The van der Waals surface area contributed by atoms with E-state index in [1.54, 1.807) is 0 Å². The van der Waals surface area contributed by atoms with Gasteiger partial charge in [0.15, 0.2) is 0 Å². The Labute approximate surface area is 122 Å². The van der Waals surface area contributed by atoms with Crippen LogP contribution in [0.25, 0.3) is 6.08 Å². The summed E-state index contributed by atoms with van der Waals surface area (Å²) < 4.78 is 6.23. The van der Waals surface area contributed by atoms with Gasteiger partial charge >= 0.3 is 0 Å². The molecule has 0 spiro atoms. The van der Waals surface area contributed by atoms with Gasteiger partial charge in [-0.05, 0) is 18.6 Å². The summed E-state index contributed by atoms with van der Waals surface area (Å²) in [5.74, 6) is 0.660. The van der Waals surface area contributed by atoms with Crippen LogP contribution < -0.4 is 10.1 Å². The predicted molar refractivity (Wildman–Crippen MR) is 83.2 cm³/mol. The molecule has 0 saturated carbocycles. The highest BCUT2D eigenvalue weighted by Gasteiger charge is 2.22. The maximum atomic E-state index is 11.6. The summed E-state index contributed by atoms with van der Waals surface area (Å²) in [6.07, 6.45) is 3.93. The van der Waals surface area contributed by atoms with Gasteiger partial charge in [-0.1, -0.05) is 55.5 Å². The van der Waals surface area contributed by atoms with Crippen molar-refractivity contribution in [1.29, 1.82) is 0 Å². The van der Waals surface area contributed by atoms with Crippen molar-refractivity contribution >= 4 is 40.3 Å². The summed E-state index contributed by atoms with van der Waals surface area (Å²) in [6, 6.07) is 7.70. The number of hydrogen-bond acceptors (Lipinski definition) is 4. The molecule has 0 unspecified atom stereocenters. The Hall–Kier alpha value is -1.33. The SMILES string of the molecule is CCCCOc1ccccc1C=C1SC(=S)NC1=O. The Kier molecular flexibility index (Phi) is 4.99. The van der Waals surface area contributed by atoms with Crippen molar-refractivity contribution in [1.82, 2.24) is 5.32 Å². The van der Waals surface area contributed by atoms with Gasteiger partial charge in [0.1, 0.15) is 10.1 Å². The second-order valence-electron chi connectivity index (χ2n) is 4.09. The maximum absolute atomic E-state index is 11.6. The first-order chi connectivity index (χ1) is 9.20. The Morgan fingerprint density at radius 3 is 2.89 bits per heavy atom. The van der Waals surface area contributed by atoms with Crippen LogP contribution in [0.15, 0.2) is 29.2 Å². The fourth-order valence-corrected chi connectivity index (χ4v) is 2.66. The molecule has 0 atom stereocenters. The number of thiocarbonyl (C=S) groups is 1. The first kappa shape index (κ1) is 14.1. The lowest BCUT2D eigenvalue weighted by Gasteiger charge is -2.08. The highest BCUT2D eigenvalue weighted by molar-refractivity contribution is 8.26. The van der Waals surface area contributed by atoms with Gasteiger partial charge in [0.2, 0.25) is 0 Å². The van der Waals surface area contributed by atoms with Crippen LogP contribution >= 0.6 is 24.0 Å². The third-order valence-corrected chi connectivity index (χ3v) is 3.77. The maximum Gasteiger partial charge on any atom is 0.263 e. The molecule has 1 aliphatic rings. The Morgan fingerprint density at radius 1 is 1.42 bits per heavy atom.